The van der Waals surface area contributed by atoms with Gasteiger partial charge in [0.15, 0.2) is 6.10 Å². The van der Waals surface area contributed by atoms with Crippen molar-refractivity contribution in [3.8, 4) is 11.5 Å². The first kappa shape index (κ1) is 20.1. The average molecular weight is 377 g/mol. The summed E-state index contributed by atoms with van der Waals surface area (Å²) in [5.41, 5.74) is 0.679. The van der Waals surface area contributed by atoms with Crippen LogP contribution in [0.3, 0.4) is 0 Å². The average Bonchev–Trinajstić information content (AvgIpc) is 2.67. The van der Waals surface area contributed by atoms with Crippen LogP contribution in [0.5, 0.6) is 11.5 Å². The van der Waals surface area contributed by atoms with Crippen LogP contribution in [0.2, 0.25) is 0 Å². The van der Waals surface area contributed by atoms with E-state index in [2.05, 4.69) is 5.32 Å². The van der Waals surface area contributed by atoms with Gasteiger partial charge in [-0.25, -0.2) is 4.39 Å². The molecule has 0 heterocycles. The highest BCUT2D eigenvalue weighted by atomic mass is 32.2. The van der Waals surface area contributed by atoms with Crippen molar-refractivity contribution >= 4 is 17.7 Å². The van der Waals surface area contributed by atoms with Gasteiger partial charge in [-0.05, 0) is 42.3 Å². The maximum Gasteiger partial charge on any atom is 0.261 e. The van der Waals surface area contributed by atoms with Gasteiger partial charge in [0, 0.05) is 18.1 Å². The Bertz CT molecular complexity index is 694. The zero-order chi connectivity index (χ0) is 18.8. The number of carbonyl (C=O) groups is 1. The van der Waals surface area contributed by atoms with Crippen LogP contribution in [0.15, 0.2) is 48.5 Å². The second-order valence-electron chi connectivity index (χ2n) is 5.63. The van der Waals surface area contributed by atoms with Crippen molar-refractivity contribution in [3.05, 3.63) is 59.9 Å². The van der Waals surface area contributed by atoms with Gasteiger partial charge in [0.1, 0.15) is 17.3 Å². The molecule has 0 aliphatic heterocycles. The lowest BCUT2D eigenvalue weighted by Crippen LogP contribution is -2.39. The molecule has 1 N–H and O–H groups in total. The first-order valence-corrected chi connectivity index (χ1v) is 9.69. The number of nitrogens with one attached hydrogen (secondary N) is 1. The lowest BCUT2D eigenvalue weighted by Gasteiger charge is -2.17. The van der Waals surface area contributed by atoms with E-state index in [-0.39, 0.29) is 11.7 Å². The van der Waals surface area contributed by atoms with Crippen LogP contribution in [0.4, 0.5) is 4.39 Å². The molecule has 0 saturated heterocycles. The van der Waals surface area contributed by atoms with Crippen molar-refractivity contribution in [1.82, 2.24) is 5.32 Å². The number of benzene rings is 2. The van der Waals surface area contributed by atoms with E-state index in [0.717, 1.165) is 5.75 Å². The maximum atomic E-state index is 13.5. The third-order valence-electron chi connectivity index (χ3n) is 3.76. The van der Waals surface area contributed by atoms with Gasteiger partial charge in [-0.3, -0.25) is 4.79 Å². The Morgan fingerprint density at radius 3 is 2.50 bits per heavy atom. The molecular formula is C20H24FNO3S. The van der Waals surface area contributed by atoms with E-state index < -0.39 is 6.10 Å². The van der Waals surface area contributed by atoms with Gasteiger partial charge < -0.3 is 14.8 Å². The highest BCUT2D eigenvalue weighted by Gasteiger charge is 2.17. The van der Waals surface area contributed by atoms with Crippen LogP contribution in [-0.2, 0) is 10.5 Å². The molecule has 6 heteroatoms. The summed E-state index contributed by atoms with van der Waals surface area (Å²) >= 11 is 1.58. The van der Waals surface area contributed by atoms with Crippen molar-refractivity contribution in [2.24, 2.45) is 0 Å². The fourth-order valence-corrected chi connectivity index (χ4v) is 3.14. The first-order chi connectivity index (χ1) is 12.6. The highest BCUT2D eigenvalue weighted by molar-refractivity contribution is 7.98. The predicted molar refractivity (Wildman–Crippen MR) is 103 cm³/mol. The largest absolute Gasteiger partial charge is 0.497 e. The fraction of sp³-hybridized carbons (Fsp3) is 0.350. The van der Waals surface area contributed by atoms with Gasteiger partial charge >= 0.3 is 0 Å². The minimum absolute atomic E-state index is 0.144. The number of carbonyl (C=O) groups excluding carboxylic acids is 1. The molecule has 2 rings (SSSR count). The minimum atomic E-state index is -0.542. The lowest BCUT2D eigenvalue weighted by molar-refractivity contribution is -0.127. The molecule has 0 aliphatic carbocycles. The van der Waals surface area contributed by atoms with Crippen molar-refractivity contribution in [1.29, 1.82) is 0 Å². The van der Waals surface area contributed by atoms with Crippen molar-refractivity contribution in [2.45, 2.75) is 25.2 Å². The molecule has 0 bridgehead atoms. The number of rotatable bonds is 10. The molecule has 0 aromatic heterocycles. The number of hydrogen-bond donors (Lipinski definition) is 1. The molecule has 0 fully saturated rings. The van der Waals surface area contributed by atoms with Gasteiger partial charge in [-0.2, -0.15) is 11.8 Å². The minimum Gasteiger partial charge on any atom is -0.497 e. The monoisotopic (exact) mass is 377 g/mol. The van der Waals surface area contributed by atoms with Crippen LogP contribution in [0.1, 0.15) is 18.9 Å². The molecule has 2 aromatic carbocycles. The summed E-state index contributed by atoms with van der Waals surface area (Å²) < 4.78 is 24.4. The highest BCUT2D eigenvalue weighted by Crippen LogP contribution is 2.19. The molecule has 0 unspecified atom stereocenters. The number of hydrogen-bond acceptors (Lipinski definition) is 4. The van der Waals surface area contributed by atoms with Crippen LogP contribution in [0.25, 0.3) is 0 Å². The Labute approximate surface area is 158 Å². The summed E-state index contributed by atoms with van der Waals surface area (Å²) in [6.45, 7) is 2.42. The Hall–Kier alpha value is -2.21. The lowest BCUT2D eigenvalue weighted by atomic mass is 10.2. The summed E-state index contributed by atoms with van der Waals surface area (Å²) in [4.78, 5) is 12.3. The van der Waals surface area contributed by atoms with E-state index in [4.69, 9.17) is 9.47 Å². The number of thioether (sulfide) groups is 1. The molecule has 0 saturated carbocycles. The quantitative estimate of drug-likeness (QED) is 0.635. The summed E-state index contributed by atoms with van der Waals surface area (Å²) in [6, 6.07) is 13.9. The van der Waals surface area contributed by atoms with Crippen LogP contribution in [0, 0.1) is 5.82 Å². The molecule has 0 radical (unpaired) electrons. The molecule has 0 spiro atoms. The van der Waals surface area contributed by atoms with E-state index in [1.165, 1.54) is 6.07 Å². The molecule has 1 atom stereocenters. The van der Waals surface area contributed by atoms with Gasteiger partial charge in [0.05, 0.1) is 7.11 Å². The topological polar surface area (TPSA) is 47.6 Å². The molecule has 140 valence electrons. The van der Waals surface area contributed by atoms with E-state index in [1.54, 1.807) is 55.3 Å². The summed E-state index contributed by atoms with van der Waals surface area (Å²) in [6.07, 6.45) is 0.0280. The van der Waals surface area contributed by atoms with Crippen molar-refractivity contribution in [2.75, 3.05) is 19.4 Å². The Balaban J connectivity index is 1.71. The molecular weight excluding hydrogens is 353 g/mol. The van der Waals surface area contributed by atoms with Crippen LogP contribution in [-0.4, -0.2) is 31.4 Å². The van der Waals surface area contributed by atoms with Crippen LogP contribution < -0.4 is 14.8 Å². The molecule has 2 aromatic rings. The van der Waals surface area contributed by atoms with E-state index in [0.29, 0.717) is 35.8 Å². The SMILES string of the molecule is CC[C@@H](Oc1ccc(OC)cc1)C(=O)NCCSCc1ccccc1F. The van der Waals surface area contributed by atoms with E-state index in [9.17, 15) is 9.18 Å². The van der Waals surface area contributed by atoms with Gasteiger partial charge in [-0.15, -0.1) is 0 Å². The second kappa shape index (κ2) is 10.7. The van der Waals surface area contributed by atoms with Crippen molar-refractivity contribution in [3.63, 3.8) is 0 Å². The fourth-order valence-electron chi connectivity index (χ4n) is 2.30. The van der Waals surface area contributed by atoms with Gasteiger partial charge in [0.25, 0.3) is 5.91 Å². The summed E-state index contributed by atoms with van der Waals surface area (Å²) in [5.74, 6) is 2.32. The predicted octanol–water partition coefficient (Wildman–Crippen LogP) is 4.04. The second-order valence-corrected chi connectivity index (χ2v) is 6.73. The third-order valence-corrected chi connectivity index (χ3v) is 4.77. The van der Waals surface area contributed by atoms with Crippen molar-refractivity contribution < 1.29 is 18.7 Å². The maximum absolute atomic E-state index is 13.5. The van der Waals surface area contributed by atoms with Gasteiger partial charge in [0.2, 0.25) is 0 Å². The Morgan fingerprint density at radius 2 is 1.85 bits per heavy atom. The third kappa shape index (κ3) is 6.26. The smallest absolute Gasteiger partial charge is 0.261 e. The van der Waals surface area contributed by atoms with Gasteiger partial charge in [-0.1, -0.05) is 25.1 Å². The zero-order valence-electron chi connectivity index (χ0n) is 15.0. The molecule has 4 nitrogen and oxygen atoms in total. The molecule has 0 aliphatic rings. The zero-order valence-corrected chi connectivity index (χ0v) is 15.9. The first-order valence-electron chi connectivity index (χ1n) is 8.53. The Morgan fingerprint density at radius 1 is 1.15 bits per heavy atom. The number of ether oxygens (including phenoxy) is 2. The number of halogens is 1. The van der Waals surface area contributed by atoms with E-state index >= 15 is 0 Å². The van der Waals surface area contributed by atoms with E-state index in [1.807, 2.05) is 13.0 Å². The summed E-state index contributed by atoms with van der Waals surface area (Å²) in [7, 11) is 1.60. The standard InChI is InChI=1S/C20H24FNO3S/c1-3-19(25-17-10-8-16(24-2)9-11-17)20(23)22-12-13-26-14-15-6-4-5-7-18(15)21/h4-11,19H,3,12-14H2,1-2H3,(H,22,23)/t19-/m1/s1. The van der Waals surface area contributed by atoms with Crippen LogP contribution >= 0.6 is 11.8 Å². The molecule has 1 amide bonds. The Kier molecular flexibility index (Phi) is 8.28. The number of amides is 1. The normalized spacial score (nSPS) is 11.7. The number of methoxy groups -OCH3 is 1. The molecule has 26 heavy (non-hydrogen) atoms. The summed E-state index contributed by atoms with van der Waals surface area (Å²) in [5, 5.41) is 2.87.